The van der Waals surface area contributed by atoms with Gasteiger partial charge in [0, 0.05) is 16.7 Å². The van der Waals surface area contributed by atoms with E-state index >= 15 is 0 Å². The molecule has 120 valence electrons. The van der Waals surface area contributed by atoms with E-state index in [2.05, 4.69) is 5.32 Å². The van der Waals surface area contributed by atoms with Crippen molar-refractivity contribution in [3.63, 3.8) is 0 Å². The smallest absolute Gasteiger partial charge is 0.251 e. The third-order valence-electron chi connectivity index (χ3n) is 3.48. The van der Waals surface area contributed by atoms with Gasteiger partial charge in [-0.25, -0.2) is 8.78 Å². The van der Waals surface area contributed by atoms with Gasteiger partial charge in [-0.15, -0.1) is 0 Å². The predicted octanol–water partition coefficient (Wildman–Crippen LogP) is 2.94. The van der Waals surface area contributed by atoms with E-state index in [-0.39, 0.29) is 11.1 Å². The highest BCUT2D eigenvalue weighted by atomic mass is 19.1. The van der Waals surface area contributed by atoms with Crippen LogP contribution in [-0.2, 0) is 0 Å². The second-order valence-corrected chi connectivity index (χ2v) is 5.04. The highest BCUT2D eigenvalue weighted by Crippen LogP contribution is 2.21. The minimum atomic E-state index is -0.658. The number of benzene rings is 2. The molecule has 4 nitrogen and oxygen atoms in total. The van der Waals surface area contributed by atoms with Gasteiger partial charge in [0.15, 0.2) is 0 Å². The second-order valence-electron chi connectivity index (χ2n) is 5.04. The predicted molar refractivity (Wildman–Crippen MR) is 81.8 cm³/mol. The molecule has 0 aliphatic rings. The zero-order valence-electron chi connectivity index (χ0n) is 12.5. The van der Waals surface area contributed by atoms with Gasteiger partial charge in [-0.05, 0) is 48.9 Å². The maximum atomic E-state index is 13.8. The fraction of sp³-hybridized carbons (Fsp3) is 0.176. The molecule has 0 saturated carbocycles. The second kappa shape index (κ2) is 7.00. The van der Waals surface area contributed by atoms with Crippen molar-refractivity contribution in [3.8, 4) is 0 Å². The van der Waals surface area contributed by atoms with E-state index in [1.165, 1.54) is 24.3 Å². The molecule has 0 radical (unpaired) electrons. The summed E-state index contributed by atoms with van der Waals surface area (Å²) in [5.41, 5.74) is 5.80. The fourth-order valence-corrected chi connectivity index (χ4v) is 2.21. The Morgan fingerprint density at radius 3 is 2.26 bits per heavy atom. The Hall–Kier alpha value is -2.76. The third-order valence-corrected chi connectivity index (χ3v) is 3.48. The molecule has 0 aromatic heterocycles. The molecule has 2 aromatic carbocycles. The molecule has 0 aliphatic heterocycles. The summed E-state index contributed by atoms with van der Waals surface area (Å²) in [5.74, 6) is -2.19. The Morgan fingerprint density at radius 2 is 1.70 bits per heavy atom. The van der Waals surface area contributed by atoms with Gasteiger partial charge in [0.1, 0.15) is 11.6 Å². The Balaban J connectivity index is 2.19. The van der Waals surface area contributed by atoms with Crippen LogP contribution in [0.25, 0.3) is 0 Å². The van der Waals surface area contributed by atoms with Gasteiger partial charge in [-0.2, -0.15) is 0 Å². The number of rotatable bonds is 5. The summed E-state index contributed by atoms with van der Waals surface area (Å²) in [7, 11) is 0. The fourth-order valence-electron chi connectivity index (χ4n) is 2.21. The van der Waals surface area contributed by atoms with Crippen LogP contribution in [0, 0.1) is 11.6 Å². The number of amides is 2. The van der Waals surface area contributed by atoms with Crippen LogP contribution in [0.1, 0.15) is 45.7 Å². The van der Waals surface area contributed by atoms with Gasteiger partial charge < -0.3 is 11.1 Å². The molecule has 0 spiro atoms. The van der Waals surface area contributed by atoms with Crippen LogP contribution in [0.2, 0.25) is 0 Å². The number of hydrogen-bond donors (Lipinski definition) is 2. The van der Waals surface area contributed by atoms with Crippen molar-refractivity contribution in [2.45, 2.75) is 19.4 Å². The van der Waals surface area contributed by atoms with E-state index < -0.39 is 29.5 Å². The molecule has 0 fully saturated rings. The van der Waals surface area contributed by atoms with Crippen LogP contribution >= 0.6 is 0 Å². The SMILES string of the molecule is CCC(NC(=O)c1ccc(C(N)=O)cc1)c1cc(F)ccc1F. The maximum absolute atomic E-state index is 13.8. The van der Waals surface area contributed by atoms with Crippen molar-refractivity contribution in [2.24, 2.45) is 5.73 Å². The molecular weight excluding hydrogens is 302 g/mol. The molecule has 3 N–H and O–H groups in total. The lowest BCUT2D eigenvalue weighted by Crippen LogP contribution is -2.29. The van der Waals surface area contributed by atoms with Crippen LogP contribution in [0.15, 0.2) is 42.5 Å². The largest absolute Gasteiger partial charge is 0.366 e. The molecule has 1 atom stereocenters. The number of nitrogens with two attached hydrogens (primary N) is 1. The summed E-state index contributed by atoms with van der Waals surface area (Å²) in [6.07, 6.45) is 0.394. The van der Waals surface area contributed by atoms with Crippen molar-refractivity contribution in [2.75, 3.05) is 0 Å². The van der Waals surface area contributed by atoms with Gasteiger partial charge in [0.2, 0.25) is 5.91 Å². The first-order chi connectivity index (χ1) is 10.9. The standard InChI is InChI=1S/C17H16F2N2O2/c1-2-15(13-9-12(18)7-8-14(13)19)21-17(23)11-5-3-10(4-6-11)16(20)22/h3-9,15H,2H2,1H3,(H2,20,22)(H,21,23). The van der Waals surface area contributed by atoms with E-state index in [4.69, 9.17) is 5.73 Å². The molecule has 23 heavy (non-hydrogen) atoms. The van der Waals surface area contributed by atoms with Crippen molar-refractivity contribution in [1.82, 2.24) is 5.32 Å². The summed E-state index contributed by atoms with van der Waals surface area (Å²) in [6, 6.07) is 8.22. The number of primary amides is 1. The Kier molecular flexibility index (Phi) is 5.05. The molecule has 0 heterocycles. The Labute approximate surface area is 132 Å². The average Bonchev–Trinajstić information content (AvgIpc) is 2.55. The molecule has 0 bridgehead atoms. The normalized spacial score (nSPS) is 11.8. The number of halogens is 2. The highest BCUT2D eigenvalue weighted by Gasteiger charge is 2.18. The molecule has 2 rings (SSSR count). The van der Waals surface area contributed by atoms with E-state index in [9.17, 15) is 18.4 Å². The van der Waals surface area contributed by atoms with Gasteiger partial charge in [0.05, 0.1) is 6.04 Å². The van der Waals surface area contributed by atoms with Crippen molar-refractivity contribution in [1.29, 1.82) is 0 Å². The molecule has 6 heteroatoms. The first-order valence-electron chi connectivity index (χ1n) is 7.08. The quantitative estimate of drug-likeness (QED) is 0.889. The number of carbonyl (C=O) groups is 2. The van der Waals surface area contributed by atoms with Crippen LogP contribution in [0.4, 0.5) is 8.78 Å². The lowest BCUT2D eigenvalue weighted by molar-refractivity contribution is 0.0932. The monoisotopic (exact) mass is 318 g/mol. The number of hydrogen-bond acceptors (Lipinski definition) is 2. The van der Waals surface area contributed by atoms with Gasteiger partial charge in [0.25, 0.3) is 5.91 Å². The third kappa shape index (κ3) is 3.91. The molecule has 2 amide bonds. The first-order valence-corrected chi connectivity index (χ1v) is 7.08. The highest BCUT2D eigenvalue weighted by molar-refractivity contribution is 5.97. The average molecular weight is 318 g/mol. The van der Waals surface area contributed by atoms with Crippen LogP contribution in [0.3, 0.4) is 0 Å². The van der Waals surface area contributed by atoms with Crippen LogP contribution < -0.4 is 11.1 Å². The Bertz CT molecular complexity index is 730. The molecule has 0 saturated heterocycles. The summed E-state index contributed by atoms with van der Waals surface area (Å²) < 4.78 is 27.1. The summed E-state index contributed by atoms with van der Waals surface area (Å²) in [6.45, 7) is 1.76. The summed E-state index contributed by atoms with van der Waals surface area (Å²) in [4.78, 5) is 23.2. The number of carbonyl (C=O) groups excluding carboxylic acids is 2. The lowest BCUT2D eigenvalue weighted by Gasteiger charge is -2.18. The molecule has 2 aromatic rings. The van der Waals surface area contributed by atoms with E-state index in [1.54, 1.807) is 6.92 Å². The van der Waals surface area contributed by atoms with E-state index in [1.807, 2.05) is 0 Å². The maximum Gasteiger partial charge on any atom is 0.251 e. The van der Waals surface area contributed by atoms with Gasteiger partial charge in [-0.1, -0.05) is 6.92 Å². The molecular formula is C17H16F2N2O2. The summed E-state index contributed by atoms with van der Waals surface area (Å²) in [5, 5.41) is 2.65. The van der Waals surface area contributed by atoms with Crippen LogP contribution in [-0.4, -0.2) is 11.8 Å². The van der Waals surface area contributed by atoms with E-state index in [0.29, 0.717) is 12.0 Å². The van der Waals surface area contributed by atoms with Crippen molar-refractivity contribution >= 4 is 11.8 Å². The molecule has 1 unspecified atom stereocenters. The van der Waals surface area contributed by atoms with Crippen molar-refractivity contribution < 1.29 is 18.4 Å². The van der Waals surface area contributed by atoms with Crippen LogP contribution in [0.5, 0.6) is 0 Å². The number of nitrogens with one attached hydrogen (secondary N) is 1. The zero-order valence-corrected chi connectivity index (χ0v) is 12.5. The topological polar surface area (TPSA) is 72.2 Å². The minimum Gasteiger partial charge on any atom is -0.366 e. The van der Waals surface area contributed by atoms with Crippen molar-refractivity contribution in [3.05, 3.63) is 70.8 Å². The van der Waals surface area contributed by atoms with Gasteiger partial charge >= 0.3 is 0 Å². The van der Waals surface area contributed by atoms with Gasteiger partial charge in [-0.3, -0.25) is 9.59 Å². The first kappa shape index (κ1) is 16.6. The minimum absolute atomic E-state index is 0.0922. The molecule has 0 aliphatic carbocycles. The zero-order chi connectivity index (χ0) is 17.0. The summed E-state index contributed by atoms with van der Waals surface area (Å²) >= 11 is 0. The lowest BCUT2D eigenvalue weighted by atomic mass is 10.0. The van der Waals surface area contributed by atoms with E-state index in [0.717, 1.165) is 18.2 Å². The Morgan fingerprint density at radius 1 is 1.09 bits per heavy atom.